The van der Waals surface area contributed by atoms with Gasteiger partial charge in [-0.3, -0.25) is 14.4 Å². The van der Waals surface area contributed by atoms with Gasteiger partial charge in [-0.2, -0.15) is 0 Å². The fraction of sp³-hybridized carbons (Fsp3) is 0.571. The molecule has 2 amide bonds. The Kier molecular flexibility index (Phi) is 5.74. The average Bonchev–Trinajstić information content (AvgIpc) is 2.67. The average molecular weight is 387 g/mol. The van der Waals surface area contributed by atoms with Gasteiger partial charge in [0.2, 0.25) is 5.91 Å². The van der Waals surface area contributed by atoms with E-state index in [-0.39, 0.29) is 23.5 Å². The van der Waals surface area contributed by atoms with E-state index >= 15 is 0 Å². The summed E-state index contributed by atoms with van der Waals surface area (Å²) in [6, 6.07) is 5.14. The molecule has 3 rings (SSSR count). The normalized spacial score (nSPS) is 21.9. The van der Waals surface area contributed by atoms with E-state index in [0.29, 0.717) is 49.4 Å². The van der Waals surface area contributed by atoms with Crippen molar-refractivity contribution in [1.82, 2.24) is 4.90 Å². The standard InChI is InChI=1S/C21H29N3O4/c1-4-9-21(3,22)20(27)24-10-7-14(8-11-24)18(25)15-5-6-17-16(12-15)23-19(26)13(2)28-17/h5-6,12-14H,4,7-11,22H2,1-3H3,(H,23,26). The van der Waals surface area contributed by atoms with Gasteiger partial charge in [0.25, 0.3) is 5.91 Å². The molecule has 7 heteroatoms. The van der Waals surface area contributed by atoms with Crippen molar-refractivity contribution < 1.29 is 19.1 Å². The number of fused-ring (bicyclic) bond motifs is 1. The molecule has 3 N–H and O–H groups in total. The Morgan fingerprint density at radius 2 is 2.00 bits per heavy atom. The van der Waals surface area contributed by atoms with Gasteiger partial charge in [-0.25, -0.2) is 0 Å². The summed E-state index contributed by atoms with van der Waals surface area (Å²) < 4.78 is 5.54. The monoisotopic (exact) mass is 387 g/mol. The first-order valence-corrected chi connectivity index (χ1v) is 9.97. The topological polar surface area (TPSA) is 102 Å². The fourth-order valence-corrected chi connectivity index (χ4v) is 3.93. The third kappa shape index (κ3) is 4.04. The van der Waals surface area contributed by atoms with Gasteiger partial charge >= 0.3 is 0 Å². The van der Waals surface area contributed by atoms with Crippen LogP contribution in [-0.2, 0) is 9.59 Å². The molecule has 2 unspecified atom stereocenters. The summed E-state index contributed by atoms with van der Waals surface area (Å²) in [7, 11) is 0. The van der Waals surface area contributed by atoms with E-state index in [1.54, 1.807) is 36.9 Å². The minimum Gasteiger partial charge on any atom is -0.479 e. The van der Waals surface area contributed by atoms with Crippen LogP contribution in [0.1, 0.15) is 56.8 Å². The minimum atomic E-state index is -0.848. The van der Waals surface area contributed by atoms with Crippen LogP contribution in [0.25, 0.3) is 0 Å². The number of ketones is 1. The van der Waals surface area contributed by atoms with Crippen molar-refractivity contribution in [2.45, 2.75) is 58.1 Å². The van der Waals surface area contributed by atoms with Crippen molar-refractivity contribution in [1.29, 1.82) is 0 Å². The second-order valence-electron chi connectivity index (χ2n) is 8.06. The third-order valence-corrected chi connectivity index (χ3v) is 5.61. The summed E-state index contributed by atoms with van der Waals surface area (Å²) in [4.78, 5) is 39.1. The van der Waals surface area contributed by atoms with Crippen molar-refractivity contribution in [3.63, 3.8) is 0 Å². The van der Waals surface area contributed by atoms with Gasteiger partial charge in [-0.1, -0.05) is 13.3 Å². The fourth-order valence-electron chi connectivity index (χ4n) is 3.93. The number of piperidine rings is 1. The lowest BCUT2D eigenvalue weighted by Crippen LogP contribution is -2.55. The zero-order valence-corrected chi connectivity index (χ0v) is 16.8. The predicted molar refractivity (Wildman–Crippen MR) is 106 cm³/mol. The van der Waals surface area contributed by atoms with Crippen LogP contribution >= 0.6 is 0 Å². The number of hydrogen-bond acceptors (Lipinski definition) is 5. The van der Waals surface area contributed by atoms with Crippen LogP contribution in [-0.4, -0.2) is 47.2 Å². The van der Waals surface area contributed by atoms with E-state index in [2.05, 4.69) is 5.32 Å². The molecule has 0 aliphatic carbocycles. The highest BCUT2D eigenvalue weighted by Gasteiger charge is 2.35. The summed E-state index contributed by atoms with van der Waals surface area (Å²) in [5, 5.41) is 2.78. The van der Waals surface area contributed by atoms with Crippen LogP contribution in [0.5, 0.6) is 5.75 Å². The second kappa shape index (κ2) is 7.91. The summed E-state index contributed by atoms with van der Waals surface area (Å²) in [6.45, 7) is 6.54. The van der Waals surface area contributed by atoms with Crippen molar-refractivity contribution in [2.75, 3.05) is 18.4 Å². The van der Waals surface area contributed by atoms with Crippen molar-refractivity contribution in [3.05, 3.63) is 23.8 Å². The van der Waals surface area contributed by atoms with Gasteiger partial charge in [-0.05, 0) is 51.3 Å². The van der Waals surface area contributed by atoms with E-state index in [1.165, 1.54) is 0 Å². The van der Waals surface area contributed by atoms with Crippen LogP contribution in [0, 0.1) is 5.92 Å². The molecule has 0 bridgehead atoms. The Bertz CT molecular complexity index is 782. The molecular weight excluding hydrogens is 358 g/mol. The van der Waals surface area contributed by atoms with Crippen molar-refractivity contribution >= 4 is 23.3 Å². The highest BCUT2D eigenvalue weighted by Crippen LogP contribution is 2.32. The minimum absolute atomic E-state index is 0.0341. The first kappa shape index (κ1) is 20.3. The molecule has 0 saturated carbocycles. The quantitative estimate of drug-likeness (QED) is 0.755. The number of nitrogens with two attached hydrogens (primary N) is 1. The van der Waals surface area contributed by atoms with Crippen LogP contribution in [0.2, 0.25) is 0 Å². The number of ether oxygens (including phenoxy) is 1. The Hall–Kier alpha value is -2.41. The maximum atomic E-state index is 12.9. The predicted octanol–water partition coefficient (Wildman–Crippen LogP) is 2.34. The van der Waals surface area contributed by atoms with Crippen LogP contribution < -0.4 is 15.8 Å². The lowest BCUT2D eigenvalue weighted by atomic mass is 9.87. The molecular formula is C21H29N3O4. The lowest BCUT2D eigenvalue weighted by Gasteiger charge is -2.36. The van der Waals surface area contributed by atoms with E-state index in [9.17, 15) is 14.4 Å². The largest absolute Gasteiger partial charge is 0.479 e. The highest BCUT2D eigenvalue weighted by atomic mass is 16.5. The van der Waals surface area contributed by atoms with Gasteiger partial charge in [0.05, 0.1) is 11.2 Å². The summed E-state index contributed by atoms with van der Waals surface area (Å²) in [6.07, 6.45) is 2.18. The molecule has 0 aromatic heterocycles. The Labute approximate surface area is 165 Å². The van der Waals surface area contributed by atoms with Crippen molar-refractivity contribution in [2.24, 2.45) is 11.7 Å². The summed E-state index contributed by atoms with van der Waals surface area (Å²) in [5.41, 5.74) is 6.40. The molecule has 0 spiro atoms. The molecule has 7 nitrogen and oxygen atoms in total. The smallest absolute Gasteiger partial charge is 0.265 e. The van der Waals surface area contributed by atoms with E-state index < -0.39 is 11.6 Å². The zero-order valence-electron chi connectivity index (χ0n) is 16.8. The third-order valence-electron chi connectivity index (χ3n) is 5.61. The van der Waals surface area contributed by atoms with E-state index in [0.717, 1.165) is 6.42 Å². The van der Waals surface area contributed by atoms with Gasteiger partial charge < -0.3 is 20.7 Å². The number of carbonyl (C=O) groups is 3. The molecule has 2 aliphatic rings. The molecule has 152 valence electrons. The first-order chi connectivity index (χ1) is 13.2. The van der Waals surface area contributed by atoms with E-state index in [1.807, 2.05) is 6.92 Å². The maximum Gasteiger partial charge on any atom is 0.265 e. The van der Waals surface area contributed by atoms with Crippen LogP contribution in [0.4, 0.5) is 5.69 Å². The molecule has 1 aromatic rings. The summed E-state index contributed by atoms with van der Waals surface area (Å²) in [5.74, 6) is 0.203. The molecule has 2 aliphatic heterocycles. The molecule has 28 heavy (non-hydrogen) atoms. The van der Waals surface area contributed by atoms with Gasteiger partial charge in [-0.15, -0.1) is 0 Å². The van der Waals surface area contributed by atoms with Crippen LogP contribution in [0.15, 0.2) is 18.2 Å². The molecule has 0 radical (unpaired) electrons. The van der Waals surface area contributed by atoms with Gasteiger partial charge in [0.1, 0.15) is 5.75 Å². The number of nitrogens with zero attached hydrogens (tertiary/aromatic N) is 1. The number of nitrogens with one attached hydrogen (secondary N) is 1. The molecule has 2 heterocycles. The molecule has 2 atom stereocenters. The zero-order chi connectivity index (χ0) is 20.5. The second-order valence-corrected chi connectivity index (χ2v) is 8.06. The lowest BCUT2D eigenvalue weighted by molar-refractivity contribution is -0.138. The first-order valence-electron chi connectivity index (χ1n) is 9.97. The van der Waals surface area contributed by atoms with Crippen LogP contribution in [0.3, 0.4) is 0 Å². The Morgan fingerprint density at radius 1 is 1.32 bits per heavy atom. The number of amides is 2. The number of hydrogen-bond donors (Lipinski definition) is 2. The Morgan fingerprint density at radius 3 is 2.64 bits per heavy atom. The number of likely N-dealkylation sites (tertiary alicyclic amines) is 1. The van der Waals surface area contributed by atoms with Gasteiger partial charge in [0, 0.05) is 24.6 Å². The van der Waals surface area contributed by atoms with E-state index in [4.69, 9.17) is 10.5 Å². The number of anilines is 1. The number of carbonyl (C=O) groups excluding carboxylic acids is 3. The van der Waals surface area contributed by atoms with Gasteiger partial charge in [0.15, 0.2) is 11.9 Å². The maximum absolute atomic E-state index is 12.9. The Balaban J connectivity index is 1.64. The molecule has 1 fully saturated rings. The molecule has 1 aromatic carbocycles. The van der Waals surface area contributed by atoms with Crippen molar-refractivity contribution in [3.8, 4) is 5.75 Å². The number of benzene rings is 1. The summed E-state index contributed by atoms with van der Waals surface area (Å²) >= 11 is 0. The number of Topliss-reactive ketones (excluding diaryl/α,β-unsaturated/α-hetero) is 1. The highest BCUT2D eigenvalue weighted by molar-refractivity contribution is 6.02. The molecule has 1 saturated heterocycles. The SMILES string of the molecule is CCCC(C)(N)C(=O)N1CCC(C(=O)c2ccc3c(c2)NC(=O)C(C)O3)CC1. The number of rotatable bonds is 5.